The molecule has 1 heterocycles. The number of halogens is 2. The van der Waals surface area contributed by atoms with E-state index in [0.29, 0.717) is 23.6 Å². The van der Waals surface area contributed by atoms with Crippen molar-refractivity contribution in [3.05, 3.63) is 59.4 Å². The van der Waals surface area contributed by atoms with E-state index >= 15 is 0 Å². The van der Waals surface area contributed by atoms with Crippen molar-refractivity contribution in [3.8, 4) is 5.75 Å². The fourth-order valence-electron chi connectivity index (χ4n) is 2.17. The van der Waals surface area contributed by atoms with Gasteiger partial charge in [0.25, 0.3) is 0 Å². The standard InChI is InChI=1S/C16H18F2N2O/c1-3-8-19-15(12-7-6-11(17)10-13(12)18)16-14(21-2)5-4-9-20-16/h4-7,9-10,15,19H,3,8H2,1-2H3. The summed E-state index contributed by atoms with van der Waals surface area (Å²) in [5, 5.41) is 3.23. The Kier molecular flexibility index (Phi) is 5.22. The number of methoxy groups -OCH3 is 1. The van der Waals surface area contributed by atoms with Crippen LogP contribution >= 0.6 is 0 Å². The molecule has 0 saturated carbocycles. The zero-order chi connectivity index (χ0) is 15.2. The van der Waals surface area contributed by atoms with Gasteiger partial charge in [0.15, 0.2) is 0 Å². The molecule has 1 aromatic carbocycles. The average Bonchev–Trinajstić information content (AvgIpc) is 2.49. The van der Waals surface area contributed by atoms with E-state index in [9.17, 15) is 8.78 Å². The Labute approximate surface area is 123 Å². The van der Waals surface area contributed by atoms with Crippen molar-refractivity contribution in [2.45, 2.75) is 19.4 Å². The van der Waals surface area contributed by atoms with Gasteiger partial charge in [-0.1, -0.05) is 13.0 Å². The van der Waals surface area contributed by atoms with Crippen molar-refractivity contribution in [1.29, 1.82) is 0 Å². The molecule has 1 N–H and O–H groups in total. The van der Waals surface area contributed by atoms with Crippen molar-refractivity contribution in [2.75, 3.05) is 13.7 Å². The minimum atomic E-state index is -0.601. The maximum atomic E-state index is 14.1. The summed E-state index contributed by atoms with van der Waals surface area (Å²) in [7, 11) is 1.54. The second-order valence-corrected chi connectivity index (χ2v) is 4.64. The lowest BCUT2D eigenvalue weighted by Crippen LogP contribution is -2.25. The molecule has 0 spiro atoms. The molecule has 0 aliphatic rings. The van der Waals surface area contributed by atoms with E-state index in [-0.39, 0.29) is 0 Å². The minimum Gasteiger partial charge on any atom is -0.495 e. The fourth-order valence-corrected chi connectivity index (χ4v) is 2.17. The van der Waals surface area contributed by atoms with Crippen LogP contribution in [0.15, 0.2) is 36.5 Å². The van der Waals surface area contributed by atoms with Crippen molar-refractivity contribution < 1.29 is 13.5 Å². The molecule has 5 heteroatoms. The molecule has 1 atom stereocenters. The number of pyridine rings is 1. The first-order chi connectivity index (χ1) is 10.2. The molecule has 0 amide bonds. The van der Waals surface area contributed by atoms with Crippen LogP contribution in [0.3, 0.4) is 0 Å². The second kappa shape index (κ2) is 7.13. The van der Waals surface area contributed by atoms with E-state index in [1.165, 1.54) is 12.1 Å². The number of hydrogen-bond donors (Lipinski definition) is 1. The van der Waals surface area contributed by atoms with Crippen LogP contribution in [0, 0.1) is 11.6 Å². The van der Waals surface area contributed by atoms with Crippen LogP contribution in [0.5, 0.6) is 5.75 Å². The fraction of sp³-hybridized carbons (Fsp3) is 0.312. The Bertz CT molecular complexity index is 605. The van der Waals surface area contributed by atoms with Gasteiger partial charge in [-0.05, 0) is 31.2 Å². The Morgan fingerprint density at radius 3 is 2.76 bits per heavy atom. The molecule has 0 fully saturated rings. The Hall–Kier alpha value is -2.01. The molecule has 0 aliphatic heterocycles. The summed E-state index contributed by atoms with van der Waals surface area (Å²) in [5.74, 6) is -0.635. The number of ether oxygens (including phenoxy) is 1. The zero-order valence-corrected chi connectivity index (χ0v) is 12.1. The SMILES string of the molecule is CCCNC(c1ccc(F)cc1F)c1ncccc1OC. The highest BCUT2D eigenvalue weighted by Crippen LogP contribution is 2.29. The Morgan fingerprint density at radius 2 is 2.10 bits per heavy atom. The highest BCUT2D eigenvalue weighted by molar-refractivity contribution is 5.37. The van der Waals surface area contributed by atoms with E-state index < -0.39 is 17.7 Å². The van der Waals surface area contributed by atoms with Gasteiger partial charge in [-0.15, -0.1) is 0 Å². The lowest BCUT2D eigenvalue weighted by molar-refractivity contribution is 0.398. The third-order valence-corrected chi connectivity index (χ3v) is 3.17. The topological polar surface area (TPSA) is 34.2 Å². The third-order valence-electron chi connectivity index (χ3n) is 3.17. The van der Waals surface area contributed by atoms with Gasteiger partial charge in [-0.25, -0.2) is 8.78 Å². The quantitative estimate of drug-likeness (QED) is 0.885. The van der Waals surface area contributed by atoms with Crippen molar-refractivity contribution in [2.24, 2.45) is 0 Å². The molecule has 0 aliphatic carbocycles. The van der Waals surface area contributed by atoms with Crippen molar-refractivity contribution >= 4 is 0 Å². The molecule has 2 aromatic rings. The number of hydrogen-bond acceptors (Lipinski definition) is 3. The molecule has 0 bridgehead atoms. The first-order valence-electron chi connectivity index (χ1n) is 6.84. The summed E-state index contributed by atoms with van der Waals surface area (Å²) in [6.45, 7) is 2.70. The van der Waals surface area contributed by atoms with Gasteiger partial charge in [-0.2, -0.15) is 0 Å². The molecule has 0 radical (unpaired) electrons. The van der Waals surface area contributed by atoms with Crippen LogP contribution in [0.1, 0.15) is 30.6 Å². The minimum absolute atomic E-state index is 0.349. The monoisotopic (exact) mass is 292 g/mol. The normalized spacial score (nSPS) is 12.2. The maximum Gasteiger partial charge on any atom is 0.142 e. The average molecular weight is 292 g/mol. The van der Waals surface area contributed by atoms with Gasteiger partial charge in [0.2, 0.25) is 0 Å². The highest BCUT2D eigenvalue weighted by Gasteiger charge is 2.22. The molecule has 3 nitrogen and oxygen atoms in total. The van der Waals surface area contributed by atoms with Crippen LogP contribution < -0.4 is 10.1 Å². The summed E-state index contributed by atoms with van der Waals surface area (Å²) < 4.78 is 32.5. The van der Waals surface area contributed by atoms with Gasteiger partial charge in [-0.3, -0.25) is 4.98 Å². The molecular formula is C16H18F2N2O. The Morgan fingerprint density at radius 1 is 1.29 bits per heavy atom. The van der Waals surface area contributed by atoms with Crippen LogP contribution in [0.4, 0.5) is 8.78 Å². The summed E-state index contributed by atoms with van der Waals surface area (Å²) in [4.78, 5) is 4.29. The summed E-state index contributed by atoms with van der Waals surface area (Å²) in [6, 6.07) is 6.60. The number of aromatic nitrogens is 1. The van der Waals surface area contributed by atoms with Gasteiger partial charge < -0.3 is 10.1 Å². The van der Waals surface area contributed by atoms with E-state index in [0.717, 1.165) is 12.5 Å². The third kappa shape index (κ3) is 3.55. The predicted molar refractivity (Wildman–Crippen MR) is 77.3 cm³/mol. The van der Waals surface area contributed by atoms with Gasteiger partial charge in [0.05, 0.1) is 13.2 Å². The molecule has 2 rings (SSSR count). The van der Waals surface area contributed by atoms with E-state index in [2.05, 4.69) is 10.3 Å². The highest BCUT2D eigenvalue weighted by atomic mass is 19.1. The van der Waals surface area contributed by atoms with Gasteiger partial charge in [0.1, 0.15) is 23.1 Å². The van der Waals surface area contributed by atoms with Crippen LogP contribution in [0.25, 0.3) is 0 Å². The second-order valence-electron chi connectivity index (χ2n) is 4.64. The molecule has 0 saturated heterocycles. The molecule has 1 unspecified atom stereocenters. The number of benzene rings is 1. The lowest BCUT2D eigenvalue weighted by Gasteiger charge is -2.21. The van der Waals surface area contributed by atoms with Crippen LogP contribution in [0.2, 0.25) is 0 Å². The first kappa shape index (κ1) is 15.4. The van der Waals surface area contributed by atoms with Gasteiger partial charge in [0, 0.05) is 17.8 Å². The summed E-state index contributed by atoms with van der Waals surface area (Å²) in [5.41, 5.74) is 0.931. The number of nitrogens with zero attached hydrogens (tertiary/aromatic N) is 1. The van der Waals surface area contributed by atoms with E-state index in [4.69, 9.17) is 4.74 Å². The van der Waals surface area contributed by atoms with E-state index in [1.807, 2.05) is 6.92 Å². The predicted octanol–water partition coefficient (Wildman–Crippen LogP) is 3.46. The lowest BCUT2D eigenvalue weighted by atomic mass is 10.0. The van der Waals surface area contributed by atoms with Crippen LogP contribution in [-0.2, 0) is 0 Å². The summed E-state index contributed by atoms with van der Waals surface area (Å²) >= 11 is 0. The molecular weight excluding hydrogens is 274 g/mol. The Balaban J connectivity index is 2.47. The molecule has 21 heavy (non-hydrogen) atoms. The molecule has 112 valence electrons. The summed E-state index contributed by atoms with van der Waals surface area (Å²) in [6.07, 6.45) is 2.51. The largest absolute Gasteiger partial charge is 0.495 e. The first-order valence-corrected chi connectivity index (χ1v) is 6.84. The zero-order valence-electron chi connectivity index (χ0n) is 12.1. The van der Waals surface area contributed by atoms with Crippen molar-refractivity contribution in [1.82, 2.24) is 10.3 Å². The maximum absolute atomic E-state index is 14.1. The van der Waals surface area contributed by atoms with Crippen molar-refractivity contribution in [3.63, 3.8) is 0 Å². The van der Waals surface area contributed by atoms with Crippen LogP contribution in [-0.4, -0.2) is 18.6 Å². The number of rotatable bonds is 6. The van der Waals surface area contributed by atoms with E-state index in [1.54, 1.807) is 25.4 Å². The molecule has 1 aromatic heterocycles. The number of nitrogens with one attached hydrogen (secondary N) is 1. The van der Waals surface area contributed by atoms with Gasteiger partial charge >= 0.3 is 0 Å². The smallest absolute Gasteiger partial charge is 0.142 e.